The first kappa shape index (κ1) is 12.4. The van der Waals surface area contributed by atoms with Crippen molar-refractivity contribution in [1.82, 2.24) is 0 Å². The van der Waals surface area contributed by atoms with Crippen molar-refractivity contribution in [2.75, 3.05) is 12.8 Å². The Bertz CT molecular complexity index is 419. The largest absolute Gasteiger partial charge is 0.505 e. The minimum absolute atomic E-state index is 0.0279. The van der Waals surface area contributed by atoms with E-state index >= 15 is 0 Å². The summed E-state index contributed by atoms with van der Waals surface area (Å²) in [5.41, 5.74) is 6.53. The lowest BCUT2D eigenvalue weighted by Gasteiger charge is -2.22. The molecule has 0 heterocycles. The Labute approximate surface area is 95.0 Å². The molecule has 4 nitrogen and oxygen atoms in total. The van der Waals surface area contributed by atoms with Gasteiger partial charge in [-0.2, -0.15) is 0 Å². The number of nitrogen functional groups attached to an aromatic ring is 1. The van der Waals surface area contributed by atoms with Gasteiger partial charge in [0.25, 0.3) is 0 Å². The molecule has 0 unspecified atom stereocenters. The van der Waals surface area contributed by atoms with Crippen molar-refractivity contribution in [2.45, 2.75) is 26.2 Å². The highest BCUT2D eigenvalue weighted by molar-refractivity contribution is 5.91. The van der Waals surface area contributed by atoms with Crippen LogP contribution >= 0.6 is 0 Å². The van der Waals surface area contributed by atoms with Crippen molar-refractivity contribution < 1.29 is 14.6 Å². The highest BCUT2D eigenvalue weighted by atomic mass is 16.5. The molecule has 4 heteroatoms. The summed E-state index contributed by atoms with van der Waals surface area (Å²) in [7, 11) is 1.31. The van der Waals surface area contributed by atoms with Crippen molar-refractivity contribution in [3.05, 3.63) is 23.3 Å². The van der Waals surface area contributed by atoms with Gasteiger partial charge < -0.3 is 15.6 Å². The second-order valence-corrected chi connectivity index (χ2v) is 4.70. The monoisotopic (exact) mass is 223 g/mol. The minimum atomic E-state index is -0.461. The van der Waals surface area contributed by atoms with Crippen LogP contribution in [-0.4, -0.2) is 18.2 Å². The first-order valence-electron chi connectivity index (χ1n) is 4.98. The van der Waals surface area contributed by atoms with E-state index in [0.717, 1.165) is 0 Å². The van der Waals surface area contributed by atoms with Crippen molar-refractivity contribution in [2.24, 2.45) is 0 Å². The molecular weight excluding hydrogens is 206 g/mol. The van der Waals surface area contributed by atoms with Crippen LogP contribution in [0.4, 0.5) is 5.69 Å². The number of phenols is 1. The average Bonchev–Trinajstić information content (AvgIpc) is 2.18. The molecule has 1 aromatic rings. The van der Waals surface area contributed by atoms with Gasteiger partial charge in [0.1, 0.15) is 5.75 Å². The van der Waals surface area contributed by atoms with Gasteiger partial charge in [-0.1, -0.05) is 20.8 Å². The lowest BCUT2D eigenvalue weighted by atomic mass is 9.85. The number of rotatable bonds is 1. The van der Waals surface area contributed by atoms with E-state index in [1.807, 2.05) is 20.8 Å². The molecule has 0 aliphatic carbocycles. The first-order valence-corrected chi connectivity index (χ1v) is 4.98. The number of benzene rings is 1. The van der Waals surface area contributed by atoms with Gasteiger partial charge in [-0.3, -0.25) is 0 Å². The smallest absolute Gasteiger partial charge is 0.337 e. The topological polar surface area (TPSA) is 72.5 Å². The predicted octanol–water partition coefficient (Wildman–Crippen LogP) is 2.06. The highest BCUT2D eigenvalue weighted by Crippen LogP contribution is 2.35. The Kier molecular flexibility index (Phi) is 3.12. The molecule has 0 bridgehead atoms. The Balaban J connectivity index is 3.39. The van der Waals surface area contributed by atoms with Gasteiger partial charge in [-0.05, 0) is 17.5 Å². The Hall–Kier alpha value is -1.71. The second-order valence-electron chi connectivity index (χ2n) is 4.70. The fourth-order valence-corrected chi connectivity index (χ4v) is 1.46. The summed E-state index contributed by atoms with van der Waals surface area (Å²) in [5.74, 6) is -0.433. The van der Waals surface area contributed by atoms with Gasteiger partial charge in [0.05, 0.1) is 18.4 Å². The summed E-state index contributed by atoms with van der Waals surface area (Å²) >= 11 is 0. The lowest BCUT2D eigenvalue weighted by molar-refractivity contribution is 0.0600. The van der Waals surface area contributed by atoms with Crippen molar-refractivity contribution in [1.29, 1.82) is 0 Å². The number of hydrogen-bond donors (Lipinski definition) is 2. The fourth-order valence-electron chi connectivity index (χ4n) is 1.46. The van der Waals surface area contributed by atoms with Crippen LogP contribution in [0.15, 0.2) is 12.1 Å². The number of anilines is 1. The number of carbonyl (C=O) groups excluding carboxylic acids is 1. The highest BCUT2D eigenvalue weighted by Gasteiger charge is 2.22. The van der Waals surface area contributed by atoms with Crippen LogP contribution in [0, 0.1) is 0 Å². The van der Waals surface area contributed by atoms with Gasteiger partial charge in [0.2, 0.25) is 0 Å². The molecule has 0 spiro atoms. The third kappa shape index (κ3) is 2.27. The molecule has 0 fully saturated rings. The maximum atomic E-state index is 11.4. The quantitative estimate of drug-likeness (QED) is 0.434. The SMILES string of the molecule is COC(=O)c1cc(N)c(O)c(C(C)(C)C)c1. The summed E-state index contributed by atoms with van der Waals surface area (Å²) < 4.78 is 4.62. The second kappa shape index (κ2) is 4.04. The zero-order chi connectivity index (χ0) is 12.5. The molecule has 0 atom stereocenters. The van der Waals surface area contributed by atoms with Crippen molar-refractivity contribution >= 4 is 11.7 Å². The van der Waals surface area contributed by atoms with Crippen LogP contribution in [0.5, 0.6) is 5.75 Å². The van der Waals surface area contributed by atoms with Gasteiger partial charge in [0, 0.05) is 5.56 Å². The minimum Gasteiger partial charge on any atom is -0.505 e. The zero-order valence-corrected chi connectivity index (χ0v) is 10.00. The molecule has 16 heavy (non-hydrogen) atoms. The summed E-state index contributed by atoms with van der Waals surface area (Å²) in [6.07, 6.45) is 0. The fraction of sp³-hybridized carbons (Fsp3) is 0.417. The van der Waals surface area contributed by atoms with E-state index in [0.29, 0.717) is 11.1 Å². The normalized spacial score (nSPS) is 11.2. The molecule has 88 valence electrons. The van der Waals surface area contributed by atoms with E-state index in [1.54, 1.807) is 6.07 Å². The van der Waals surface area contributed by atoms with Gasteiger partial charge >= 0.3 is 5.97 Å². The van der Waals surface area contributed by atoms with E-state index in [-0.39, 0.29) is 16.9 Å². The molecule has 0 radical (unpaired) electrons. The molecular formula is C12H17NO3. The third-order valence-corrected chi connectivity index (χ3v) is 2.37. The number of ether oxygens (including phenoxy) is 1. The van der Waals surface area contributed by atoms with E-state index in [4.69, 9.17) is 5.73 Å². The van der Waals surface area contributed by atoms with E-state index in [1.165, 1.54) is 13.2 Å². The molecule has 1 aromatic carbocycles. The van der Waals surface area contributed by atoms with Crippen LogP contribution < -0.4 is 5.73 Å². The molecule has 1 rings (SSSR count). The Morgan fingerprint density at radius 2 is 1.94 bits per heavy atom. The van der Waals surface area contributed by atoms with Crippen LogP contribution in [0.25, 0.3) is 0 Å². The molecule has 0 saturated carbocycles. The number of hydrogen-bond acceptors (Lipinski definition) is 4. The predicted molar refractivity (Wildman–Crippen MR) is 62.6 cm³/mol. The number of methoxy groups -OCH3 is 1. The summed E-state index contributed by atoms with van der Waals surface area (Å²) in [6.45, 7) is 5.80. The first-order chi connectivity index (χ1) is 7.27. The van der Waals surface area contributed by atoms with Crippen molar-refractivity contribution in [3.63, 3.8) is 0 Å². The molecule has 0 amide bonds. The third-order valence-electron chi connectivity index (χ3n) is 2.37. The number of aromatic hydroxyl groups is 1. The van der Waals surface area contributed by atoms with E-state index in [2.05, 4.69) is 4.74 Å². The zero-order valence-electron chi connectivity index (χ0n) is 10.00. The number of esters is 1. The summed E-state index contributed by atoms with van der Waals surface area (Å²) in [6, 6.07) is 3.02. The summed E-state index contributed by atoms with van der Waals surface area (Å²) in [4.78, 5) is 11.4. The van der Waals surface area contributed by atoms with E-state index < -0.39 is 5.97 Å². The van der Waals surface area contributed by atoms with Gasteiger partial charge in [0.15, 0.2) is 0 Å². The van der Waals surface area contributed by atoms with Gasteiger partial charge in [-0.25, -0.2) is 4.79 Å². The number of nitrogens with two attached hydrogens (primary N) is 1. The summed E-state index contributed by atoms with van der Waals surface area (Å²) in [5, 5.41) is 9.83. The lowest BCUT2D eigenvalue weighted by Crippen LogP contribution is -2.14. The van der Waals surface area contributed by atoms with Crippen LogP contribution in [0.3, 0.4) is 0 Å². The van der Waals surface area contributed by atoms with Gasteiger partial charge in [-0.15, -0.1) is 0 Å². The standard InChI is InChI=1S/C12H17NO3/c1-12(2,3)8-5-7(11(15)16-4)6-9(13)10(8)14/h5-6,14H,13H2,1-4H3. The molecule has 0 aromatic heterocycles. The molecule has 3 N–H and O–H groups in total. The Morgan fingerprint density at radius 3 is 2.38 bits per heavy atom. The number of carbonyl (C=O) groups is 1. The maximum Gasteiger partial charge on any atom is 0.337 e. The van der Waals surface area contributed by atoms with Crippen molar-refractivity contribution in [3.8, 4) is 5.75 Å². The molecule has 0 saturated heterocycles. The average molecular weight is 223 g/mol. The molecule has 0 aliphatic heterocycles. The Morgan fingerprint density at radius 1 is 1.38 bits per heavy atom. The molecule has 0 aliphatic rings. The number of phenolic OH excluding ortho intramolecular Hbond substituents is 1. The van der Waals surface area contributed by atoms with Crippen LogP contribution in [0.1, 0.15) is 36.7 Å². The van der Waals surface area contributed by atoms with Crippen LogP contribution in [0.2, 0.25) is 0 Å². The maximum absolute atomic E-state index is 11.4. The van der Waals surface area contributed by atoms with E-state index in [9.17, 15) is 9.90 Å². The van der Waals surface area contributed by atoms with Crippen LogP contribution in [-0.2, 0) is 10.2 Å².